The minimum absolute atomic E-state index is 0.0187. The Labute approximate surface area is 128 Å². The molecule has 0 aliphatic heterocycles. The van der Waals surface area contributed by atoms with E-state index < -0.39 is 0 Å². The van der Waals surface area contributed by atoms with Crippen LogP contribution in [-0.2, 0) is 0 Å². The van der Waals surface area contributed by atoms with E-state index in [1.807, 2.05) is 42.5 Å². The Kier molecular flexibility index (Phi) is 3.16. The Morgan fingerprint density at radius 2 is 1.41 bits per heavy atom. The van der Waals surface area contributed by atoms with Crippen LogP contribution >= 0.6 is 0 Å². The van der Waals surface area contributed by atoms with E-state index >= 15 is 0 Å². The van der Waals surface area contributed by atoms with E-state index in [2.05, 4.69) is 34.2 Å². The second-order valence-corrected chi connectivity index (χ2v) is 5.15. The van der Waals surface area contributed by atoms with Crippen LogP contribution in [0.2, 0.25) is 0 Å². The molecule has 0 aliphatic carbocycles. The number of hydrogen-bond donors (Lipinski definition) is 0. The molecule has 0 radical (unpaired) electrons. The standard InChI is InChI=1S/C19H14N2O/c1-3-7-14(8-4-1)18(15-9-5-2-6-10-15)19-21-16-13-20-12-11-17(16)22-19/h1-13,18H. The van der Waals surface area contributed by atoms with E-state index in [-0.39, 0.29) is 5.92 Å². The van der Waals surface area contributed by atoms with Gasteiger partial charge >= 0.3 is 0 Å². The molecule has 2 aromatic heterocycles. The number of benzene rings is 2. The first-order valence-corrected chi connectivity index (χ1v) is 7.22. The molecule has 106 valence electrons. The summed E-state index contributed by atoms with van der Waals surface area (Å²) in [5, 5.41) is 0. The van der Waals surface area contributed by atoms with Crippen LogP contribution in [0.4, 0.5) is 0 Å². The summed E-state index contributed by atoms with van der Waals surface area (Å²) in [6.07, 6.45) is 3.45. The minimum atomic E-state index is -0.0187. The SMILES string of the molecule is c1ccc(C(c2ccccc2)c2nc3cnccc3o2)cc1. The highest BCUT2D eigenvalue weighted by atomic mass is 16.3. The predicted octanol–water partition coefficient (Wildman–Crippen LogP) is 4.40. The molecule has 3 nitrogen and oxygen atoms in total. The van der Waals surface area contributed by atoms with Crippen molar-refractivity contribution in [1.82, 2.24) is 9.97 Å². The average Bonchev–Trinajstić information content (AvgIpc) is 3.00. The monoisotopic (exact) mass is 286 g/mol. The Morgan fingerprint density at radius 1 is 0.773 bits per heavy atom. The van der Waals surface area contributed by atoms with Gasteiger partial charge in [0.15, 0.2) is 5.58 Å². The second kappa shape index (κ2) is 5.45. The van der Waals surface area contributed by atoms with Gasteiger partial charge in [0, 0.05) is 12.3 Å². The molecule has 0 saturated carbocycles. The fraction of sp³-hybridized carbons (Fsp3) is 0.0526. The van der Waals surface area contributed by atoms with Gasteiger partial charge in [0.2, 0.25) is 5.89 Å². The van der Waals surface area contributed by atoms with E-state index in [1.54, 1.807) is 12.4 Å². The lowest BCUT2D eigenvalue weighted by atomic mass is 9.91. The van der Waals surface area contributed by atoms with Crippen LogP contribution in [0.15, 0.2) is 83.5 Å². The smallest absolute Gasteiger partial charge is 0.207 e. The fourth-order valence-corrected chi connectivity index (χ4v) is 2.69. The zero-order valence-corrected chi connectivity index (χ0v) is 11.9. The number of fused-ring (bicyclic) bond motifs is 1. The van der Waals surface area contributed by atoms with Crippen LogP contribution in [0.25, 0.3) is 11.1 Å². The van der Waals surface area contributed by atoms with Gasteiger partial charge < -0.3 is 4.42 Å². The molecule has 3 heteroatoms. The number of pyridine rings is 1. The maximum absolute atomic E-state index is 5.99. The molecule has 0 fully saturated rings. The third-order valence-corrected chi connectivity index (χ3v) is 3.72. The van der Waals surface area contributed by atoms with Crippen molar-refractivity contribution < 1.29 is 4.42 Å². The van der Waals surface area contributed by atoms with Gasteiger partial charge in [-0.05, 0) is 11.1 Å². The van der Waals surface area contributed by atoms with Crippen LogP contribution in [0.1, 0.15) is 22.9 Å². The van der Waals surface area contributed by atoms with Gasteiger partial charge in [0.1, 0.15) is 5.52 Å². The van der Waals surface area contributed by atoms with Gasteiger partial charge in [0.05, 0.1) is 12.1 Å². The summed E-state index contributed by atoms with van der Waals surface area (Å²) in [6.45, 7) is 0. The maximum atomic E-state index is 5.99. The van der Waals surface area contributed by atoms with Crippen molar-refractivity contribution in [2.24, 2.45) is 0 Å². The first kappa shape index (κ1) is 12.8. The van der Waals surface area contributed by atoms with Crippen molar-refractivity contribution in [2.75, 3.05) is 0 Å². The van der Waals surface area contributed by atoms with Gasteiger partial charge in [-0.25, -0.2) is 4.98 Å². The largest absolute Gasteiger partial charge is 0.440 e. The molecule has 0 spiro atoms. The Morgan fingerprint density at radius 3 is 2.00 bits per heavy atom. The number of nitrogens with zero attached hydrogens (tertiary/aromatic N) is 2. The predicted molar refractivity (Wildman–Crippen MR) is 85.6 cm³/mol. The molecule has 2 aromatic carbocycles. The first-order valence-electron chi connectivity index (χ1n) is 7.22. The zero-order chi connectivity index (χ0) is 14.8. The van der Waals surface area contributed by atoms with E-state index in [4.69, 9.17) is 4.42 Å². The number of aromatic nitrogens is 2. The molecule has 0 amide bonds. The summed E-state index contributed by atoms with van der Waals surface area (Å²) in [7, 11) is 0. The molecule has 0 bridgehead atoms. The molecule has 0 saturated heterocycles. The molecular weight excluding hydrogens is 272 g/mol. The summed E-state index contributed by atoms with van der Waals surface area (Å²) in [5.74, 6) is 0.676. The number of hydrogen-bond acceptors (Lipinski definition) is 3. The Bertz CT molecular complexity index is 812. The van der Waals surface area contributed by atoms with Crippen LogP contribution in [0.5, 0.6) is 0 Å². The summed E-state index contributed by atoms with van der Waals surface area (Å²) < 4.78 is 5.99. The third-order valence-electron chi connectivity index (χ3n) is 3.72. The van der Waals surface area contributed by atoms with E-state index in [0.29, 0.717) is 5.89 Å². The highest BCUT2D eigenvalue weighted by Crippen LogP contribution is 2.32. The topological polar surface area (TPSA) is 38.9 Å². The van der Waals surface area contributed by atoms with Gasteiger partial charge in [-0.2, -0.15) is 0 Å². The van der Waals surface area contributed by atoms with Crippen molar-refractivity contribution >= 4 is 11.1 Å². The Balaban J connectivity index is 1.90. The lowest BCUT2D eigenvalue weighted by Crippen LogP contribution is -2.03. The van der Waals surface area contributed by atoms with Crippen LogP contribution in [-0.4, -0.2) is 9.97 Å². The molecule has 2 heterocycles. The summed E-state index contributed by atoms with van der Waals surface area (Å²) in [6, 6.07) is 22.4. The first-order chi connectivity index (χ1) is 10.9. The fourth-order valence-electron chi connectivity index (χ4n) is 2.69. The highest BCUT2D eigenvalue weighted by Gasteiger charge is 2.22. The summed E-state index contributed by atoms with van der Waals surface area (Å²) >= 11 is 0. The lowest BCUT2D eigenvalue weighted by Gasteiger charge is -2.14. The van der Waals surface area contributed by atoms with Gasteiger partial charge in [-0.3, -0.25) is 4.98 Å². The molecule has 4 aromatic rings. The summed E-state index contributed by atoms with van der Waals surface area (Å²) in [4.78, 5) is 8.75. The van der Waals surface area contributed by atoms with Crippen molar-refractivity contribution in [3.05, 3.63) is 96.1 Å². The molecule has 0 N–H and O–H groups in total. The van der Waals surface area contributed by atoms with Crippen molar-refractivity contribution in [3.63, 3.8) is 0 Å². The number of oxazole rings is 1. The van der Waals surface area contributed by atoms with E-state index in [9.17, 15) is 0 Å². The molecule has 4 rings (SSSR count). The second-order valence-electron chi connectivity index (χ2n) is 5.15. The molecular formula is C19H14N2O. The van der Waals surface area contributed by atoms with Crippen molar-refractivity contribution in [2.45, 2.75) is 5.92 Å². The van der Waals surface area contributed by atoms with Crippen molar-refractivity contribution in [1.29, 1.82) is 0 Å². The van der Waals surface area contributed by atoms with E-state index in [0.717, 1.165) is 22.2 Å². The number of rotatable bonds is 3. The summed E-state index contributed by atoms with van der Waals surface area (Å²) in [5.41, 5.74) is 3.87. The molecule has 22 heavy (non-hydrogen) atoms. The van der Waals surface area contributed by atoms with Gasteiger partial charge in [0.25, 0.3) is 0 Å². The van der Waals surface area contributed by atoms with Crippen LogP contribution in [0.3, 0.4) is 0 Å². The normalized spacial score (nSPS) is 11.1. The average molecular weight is 286 g/mol. The van der Waals surface area contributed by atoms with Gasteiger partial charge in [-0.1, -0.05) is 60.7 Å². The molecule has 0 atom stereocenters. The molecule has 0 aliphatic rings. The Hall–Kier alpha value is -2.94. The maximum Gasteiger partial charge on any atom is 0.207 e. The van der Waals surface area contributed by atoms with Crippen LogP contribution < -0.4 is 0 Å². The lowest BCUT2D eigenvalue weighted by molar-refractivity contribution is 0.522. The van der Waals surface area contributed by atoms with Crippen molar-refractivity contribution in [3.8, 4) is 0 Å². The van der Waals surface area contributed by atoms with Gasteiger partial charge in [-0.15, -0.1) is 0 Å². The third kappa shape index (κ3) is 2.27. The van der Waals surface area contributed by atoms with E-state index in [1.165, 1.54) is 0 Å². The zero-order valence-electron chi connectivity index (χ0n) is 11.9. The highest BCUT2D eigenvalue weighted by molar-refractivity contribution is 5.71. The van der Waals surface area contributed by atoms with Crippen LogP contribution in [0, 0.1) is 0 Å². The minimum Gasteiger partial charge on any atom is -0.440 e. The molecule has 0 unspecified atom stereocenters. The quantitative estimate of drug-likeness (QED) is 0.560.